The molecule has 1 N–H and O–H groups in total. The normalized spacial score (nSPS) is 11.1. The van der Waals surface area contributed by atoms with Crippen LogP contribution in [0.15, 0.2) is 24.3 Å². The van der Waals surface area contributed by atoms with Crippen molar-refractivity contribution in [3.05, 3.63) is 52.3 Å². The Balaban J connectivity index is 2.02. The minimum absolute atomic E-state index is 0.0836. The number of nitrogens with one attached hydrogen (secondary N) is 1. The maximum atomic E-state index is 12.6. The lowest BCUT2D eigenvalue weighted by Crippen LogP contribution is -2.26. The maximum absolute atomic E-state index is 12.6. The molecule has 6 nitrogen and oxygen atoms in total. The second-order valence-electron chi connectivity index (χ2n) is 6.23. The van der Waals surface area contributed by atoms with Crippen molar-refractivity contribution in [1.29, 1.82) is 0 Å². The molecular weight excluding hydrogens is 358 g/mol. The molecule has 0 saturated carbocycles. The van der Waals surface area contributed by atoms with E-state index in [0.29, 0.717) is 29.1 Å². The van der Waals surface area contributed by atoms with Gasteiger partial charge in [-0.25, -0.2) is 4.79 Å². The zero-order valence-electron chi connectivity index (χ0n) is 15.6. The van der Waals surface area contributed by atoms with Gasteiger partial charge in [0.05, 0.1) is 24.9 Å². The number of Topliss-reactive ketones (excluding diaryl/α,β-unsaturated/α-hetero) is 1. The lowest BCUT2D eigenvalue weighted by Gasteiger charge is -2.16. The molecule has 27 heavy (non-hydrogen) atoms. The van der Waals surface area contributed by atoms with Gasteiger partial charge in [-0.2, -0.15) is 8.78 Å². The standard InChI is InChI=1S/C19H22F2N2O4/c1-11-16(18(25)26-4)12(2)22-17(11)15(24)10-23(3)9-13-5-7-14(8-6-13)27-19(20)21/h5-8,19,22H,9-10H2,1-4H3. The van der Waals surface area contributed by atoms with Crippen molar-refractivity contribution in [3.63, 3.8) is 0 Å². The third kappa shape index (κ3) is 5.13. The number of alkyl halides is 2. The molecule has 0 unspecified atom stereocenters. The molecule has 8 heteroatoms. The molecule has 0 radical (unpaired) electrons. The third-order valence-corrected chi connectivity index (χ3v) is 4.12. The van der Waals surface area contributed by atoms with Crippen molar-refractivity contribution < 1.29 is 27.8 Å². The van der Waals surface area contributed by atoms with Crippen LogP contribution in [0, 0.1) is 13.8 Å². The number of hydrogen-bond acceptors (Lipinski definition) is 5. The Morgan fingerprint density at radius 1 is 1.19 bits per heavy atom. The number of aromatic amines is 1. The van der Waals surface area contributed by atoms with Crippen LogP contribution in [0.3, 0.4) is 0 Å². The molecular formula is C19H22F2N2O4. The average molecular weight is 380 g/mol. The Kier molecular flexibility index (Phi) is 6.68. The van der Waals surface area contributed by atoms with Gasteiger partial charge in [-0.05, 0) is 44.2 Å². The van der Waals surface area contributed by atoms with E-state index in [0.717, 1.165) is 5.56 Å². The number of benzene rings is 1. The Morgan fingerprint density at radius 3 is 2.37 bits per heavy atom. The number of carbonyl (C=O) groups is 2. The van der Waals surface area contributed by atoms with Gasteiger partial charge in [0.1, 0.15) is 5.75 Å². The fraction of sp³-hybridized carbons (Fsp3) is 0.368. The molecule has 0 aliphatic rings. The number of nitrogens with zero attached hydrogens (tertiary/aromatic N) is 1. The Morgan fingerprint density at radius 2 is 1.81 bits per heavy atom. The number of hydrogen-bond donors (Lipinski definition) is 1. The quantitative estimate of drug-likeness (QED) is 0.562. The predicted octanol–water partition coefficient (Wildman–Crippen LogP) is 3.33. The summed E-state index contributed by atoms with van der Waals surface area (Å²) in [6.07, 6.45) is 0. The zero-order valence-corrected chi connectivity index (χ0v) is 15.6. The molecule has 0 amide bonds. The lowest BCUT2D eigenvalue weighted by molar-refractivity contribution is -0.0498. The van der Waals surface area contributed by atoms with Crippen LogP contribution in [-0.2, 0) is 11.3 Å². The third-order valence-electron chi connectivity index (χ3n) is 4.12. The molecule has 0 atom stereocenters. The van der Waals surface area contributed by atoms with E-state index in [-0.39, 0.29) is 18.1 Å². The Hall–Kier alpha value is -2.74. The van der Waals surface area contributed by atoms with Crippen molar-refractivity contribution in [2.24, 2.45) is 0 Å². The summed E-state index contributed by atoms with van der Waals surface area (Å²) in [6, 6.07) is 6.24. The molecule has 0 fully saturated rings. The second-order valence-corrected chi connectivity index (χ2v) is 6.23. The summed E-state index contributed by atoms with van der Waals surface area (Å²) in [5.74, 6) is -0.564. The number of aryl methyl sites for hydroxylation is 1. The van der Waals surface area contributed by atoms with E-state index in [2.05, 4.69) is 9.72 Å². The number of halogens is 2. The molecule has 1 heterocycles. The predicted molar refractivity (Wildman–Crippen MR) is 95.3 cm³/mol. The van der Waals surface area contributed by atoms with Crippen molar-refractivity contribution in [2.45, 2.75) is 27.0 Å². The number of likely N-dealkylation sites (N-methyl/N-ethyl adjacent to an activating group) is 1. The number of methoxy groups -OCH3 is 1. The number of H-pyrrole nitrogens is 1. The van der Waals surface area contributed by atoms with E-state index >= 15 is 0 Å². The number of esters is 1. The molecule has 0 aliphatic heterocycles. The van der Waals surface area contributed by atoms with Crippen LogP contribution in [0.4, 0.5) is 8.78 Å². The number of carbonyl (C=O) groups excluding carboxylic acids is 2. The van der Waals surface area contributed by atoms with Crippen LogP contribution in [0.2, 0.25) is 0 Å². The van der Waals surface area contributed by atoms with Gasteiger partial charge < -0.3 is 14.5 Å². The van der Waals surface area contributed by atoms with Gasteiger partial charge in [-0.1, -0.05) is 12.1 Å². The highest BCUT2D eigenvalue weighted by Gasteiger charge is 2.23. The summed E-state index contributed by atoms with van der Waals surface area (Å²) in [5.41, 5.74) is 2.74. The van der Waals surface area contributed by atoms with Crippen molar-refractivity contribution in [3.8, 4) is 5.75 Å². The SMILES string of the molecule is COC(=O)c1c(C)[nH]c(C(=O)CN(C)Cc2ccc(OC(F)F)cc2)c1C. The molecule has 146 valence electrons. The van der Waals surface area contributed by atoms with Crippen molar-refractivity contribution >= 4 is 11.8 Å². The van der Waals surface area contributed by atoms with Gasteiger partial charge in [0.25, 0.3) is 0 Å². The second kappa shape index (κ2) is 8.77. The van der Waals surface area contributed by atoms with E-state index in [4.69, 9.17) is 4.74 Å². The first-order valence-electron chi connectivity index (χ1n) is 8.26. The molecule has 2 aromatic rings. The van der Waals surface area contributed by atoms with Gasteiger partial charge >= 0.3 is 12.6 Å². The summed E-state index contributed by atoms with van der Waals surface area (Å²) >= 11 is 0. The van der Waals surface area contributed by atoms with E-state index in [1.54, 1.807) is 37.9 Å². The van der Waals surface area contributed by atoms with Crippen LogP contribution in [0.1, 0.15) is 37.7 Å². The van der Waals surface area contributed by atoms with Gasteiger partial charge in [0.2, 0.25) is 0 Å². The van der Waals surface area contributed by atoms with Crippen LogP contribution >= 0.6 is 0 Å². The monoisotopic (exact) mass is 380 g/mol. The number of ether oxygens (including phenoxy) is 2. The first-order chi connectivity index (χ1) is 12.7. The van der Waals surface area contributed by atoms with E-state index < -0.39 is 12.6 Å². The minimum Gasteiger partial charge on any atom is -0.465 e. The van der Waals surface area contributed by atoms with Crippen LogP contribution in [0.5, 0.6) is 5.75 Å². The fourth-order valence-corrected chi connectivity index (χ4v) is 2.91. The summed E-state index contributed by atoms with van der Waals surface area (Å²) in [6.45, 7) is 1.12. The maximum Gasteiger partial charge on any atom is 0.387 e. The Bertz CT molecular complexity index is 816. The Labute approximate surface area is 156 Å². The first kappa shape index (κ1) is 20.6. The highest BCUT2D eigenvalue weighted by molar-refractivity contribution is 6.02. The van der Waals surface area contributed by atoms with Crippen LogP contribution in [-0.4, -0.2) is 49.0 Å². The van der Waals surface area contributed by atoms with Crippen LogP contribution in [0.25, 0.3) is 0 Å². The lowest BCUT2D eigenvalue weighted by atomic mass is 10.1. The van der Waals surface area contributed by atoms with Gasteiger partial charge in [0.15, 0.2) is 5.78 Å². The average Bonchev–Trinajstić information content (AvgIpc) is 2.90. The van der Waals surface area contributed by atoms with Crippen LogP contribution < -0.4 is 4.74 Å². The molecule has 1 aromatic carbocycles. The summed E-state index contributed by atoms with van der Waals surface area (Å²) in [4.78, 5) is 29.2. The minimum atomic E-state index is -2.86. The molecule has 0 aliphatic carbocycles. The van der Waals surface area contributed by atoms with E-state index in [1.165, 1.54) is 19.2 Å². The summed E-state index contributed by atoms with van der Waals surface area (Å²) in [5, 5.41) is 0. The highest BCUT2D eigenvalue weighted by atomic mass is 19.3. The zero-order chi connectivity index (χ0) is 20.1. The highest BCUT2D eigenvalue weighted by Crippen LogP contribution is 2.20. The first-order valence-corrected chi connectivity index (χ1v) is 8.26. The fourth-order valence-electron chi connectivity index (χ4n) is 2.91. The van der Waals surface area contributed by atoms with Gasteiger partial charge in [0, 0.05) is 12.2 Å². The van der Waals surface area contributed by atoms with Gasteiger partial charge in [-0.3, -0.25) is 9.69 Å². The summed E-state index contributed by atoms with van der Waals surface area (Å²) < 4.78 is 33.4. The van der Waals surface area contributed by atoms with Crippen molar-refractivity contribution in [2.75, 3.05) is 20.7 Å². The molecule has 0 bridgehead atoms. The van der Waals surface area contributed by atoms with E-state index in [9.17, 15) is 18.4 Å². The number of rotatable bonds is 8. The van der Waals surface area contributed by atoms with E-state index in [1.807, 2.05) is 0 Å². The molecule has 1 aromatic heterocycles. The molecule has 2 rings (SSSR count). The largest absolute Gasteiger partial charge is 0.465 e. The smallest absolute Gasteiger partial charge is 0.387 e. The van der Waals surface area contributed by atoms with Crippen molar-refractivity contribution in [1.82, 2.24) is 9.88 Å². The van der Waals surface area contributed by atoms with Gasteiger partial charge in [-0.15, -0.1) is 0 Å². The molecule has 0 spiro atoms. The number of aromatic nitrogens is 1. The molecule has 0 saturated heterocycles. The number of ketones is 1. The topological polar surface area (TPSA) is 71.6 Å². The summed E-state index contributed by atoms with van der Waals surface area (Å²) in [7, 11) is 3.06.